The van der Waals surface area contributed by atoms with Crippen LogP contribution in [-0.2, 0) is 4.79 Å². The van der Waals surface area contributed by atoms with Gasteiger partial charge in [-0.2, -0.15) is 0 Å². The molecule has 0 saturated carbocycles. The normalized spacial score (nSPS) is 19.4. The average Bonchev–Trinajstić information content (AvgIpc) is 3.00. The van der Waals surface area contributed by atoms with Crippen LogP contribution in [0.1, 0.15) is 40.0 Å². The van der Waals surface area contributed by atoms with Crippen LogP contribution in [0.5, 0.6) is 0 Å². The maximum Gasteiger partial charge on any atom is 0.244 e. The molecule has 0 bridgehead atoms. The van der Waals surface area contributed by atoms with Crippen molar-refractivity contribution >= 4 is 42.2 Å². The van der Waals surface area contributed by atoms with Crippen molar-refractivity contribution in [2.24, 2.45) is 0 Å². The highest BCUT2D eigenvalue weighted by molar-refractivity contribution is 5.98. The van der Waals surface area contributed by atoms with E-state index in [0.29, 0.717) is 0 Å². The van der Waals surface area contributed by atoms with E-state index in [1.54, 1.807) is 6.20 Å². The minimum Gasteiger partial charge on any atom is -0.357 e. The number of pyridine rings is 1. The summed E-state index contributed by atoms with van der Waals surface area (Å²) in [4.78, 5) is 19.1. The molecule has 1 fully saturated rings. The summed E-state index contributed by atoms with van der Waals surface area (Å²) in [6.45, 7) is 9.05. The van der Waals surface area contributed by atoms with E-state index < -0.39 is 5.54 Å². The van der Waals surface area contributed by atoms with E-state index in [9.17, 15) is 4.79 Å². The molecule has 1 unspecified atom stereocenters. The number of aromatic nitrogens is 1. The molecule has 0 aliphatic carbocycles. The summed E-state index contributed by atoms with van der Waals surface area (Å²) in [5, 5.41) is 6.34. The zero-order chi connectivity index (χ0) is 15.3. The first-order valence-electron chi connectivity index (χ1n) is 7.92. The quantitative estimate of drug-likeness (QED) is 0.815. The third kappa shape index (κ3) is 4.96. The minimum absolute atomic E-state index is 0. The predicted molar refractivity (Wildman–Crippen MR) is 101 cm³/mol. The molecule has 1 amide bonds. The molecule has 2 N–H and O–H groups in total. The average molecular weight is 363 g/mol. The summed E-state index contributed by atoms with van der Waals surface area (Å²) in [5.74, 6) is 1.00. The third-order valence-electron chi connectivity index (χ3n) is 4.38. The van der Waals surface area contributed by atoms with Crippen LogP contribution < -0.4 is 15.5 Å². The smallest absolute Gasteiger partial charge is 0.244 e. The molecule has 1 aliphatic heterocycles. The number of halogens is 2. The SMILES string of the molecule is CCN(CC)c1ccc(NC(=O)C2(CC)CCCN2)cn1.Cl.Cl. The zero-order valence-corrected chi connectivity index (χ0v) is 15.7. The topological polar surface area (TPSA) is 57.3 Å². The van der Waals surface area contributed by atoms with Gasteiger partial charge in [0, 0.05) is 13.1 Å². The fourth-order valence-corrected chi connectivity index (χ4v) is 2.91. The third-order valence-corrected chi connectivity index (χ3v) is 4.38. The molecule has 2 heterocycles. The Bertz CT molecular complexity index is 471. The van der Waals surface area contributed by atoms with Crippen molar-refractivity contribution in [3.05, 3.63) is 18.3 Å². The van der Waals surface area contributed by atoms with Gasteiger partial charge < -0.3 is 15.5 Å². The van der Waals surface area contributed by atoms with Gasteiger partial charge >= 0.3 is 0 Å². The fraction of sp³-hybridized carbons (Fsp3) is 0.625. The Balaban J connectivity index is 0.00000242. The van der Waals surface area contributed by atoms with Crippen molar-refractivity contribution in [3.63, 3.8) is 0 Å². The molecular formula is C16H28Cl2N4O. The molecule has 0 spiro atoms. The first-order chi connectivity index (χ1) is 10.1. The van der Waals surface area contributed by atoms with Crippen LogP contribution in [0.3, 0.4) is 0 Å². The first kappa shape index (κ1) is 22.0. The standard InChI is InChI=1S/C16H26N4O.2ClH/c1-4-16(10-7-11-18-16)15(21)19-13-8-9-14(17-12-13)20(5-2)6-3;;/h8-9,12,18H,4-7,10-11H2,1-3H3,(H,19,21);2*1H. The lowest BCUT2D eigenvalue weighted by Gasteiger charge is -2.26. The van der Waals surface area contributed by atoms with E-state index >= 15 is 0 Å². The van der Waals surface area contributed by atoms with Crippen LogP contribution in [-0.4, -0.2) is 36.1 Å². The molecule has 5 nitrogen and oxygen atoms in total. The van der Waals surface area contributed by atoms with Crippen molar-refractivity contribution in [2.75, 3.05) is 29.9 Å². The van der Waals surface area contributed by atoms with Crippen molar-refractivity contribution in [1.82, 2.24) is 10.3 Å². The second-order valence-electron chi connectivity index (χ2n) is 5.50. The summed E-state index contributed by atoms with van der Waals surface area (Å²) in [5.41, 5.74) is 0.356. The molecule has 0 radical (unpaired) electrons. The van der Waals surface area contributed by atoms with E-state index in [-0.39, 0.29) is 30.7 Å². The van der Waals surface area contributed by atoms with Gasteiger partial charge in [0.1, 0.15) is 5.82 Å². The lowest BCUT2D eigenvalue weighted by molar-refractivity contribution is -0.122. The van der Waals surface area contributed by atoms with Crippen LogP contribution in [0.25, 0.3) is 0 Å². The van der Waals surface area contributed by atoms with Gasteiger partial charge in [-0.15, -0.1) is 24.8 Å². The molecular weight excluding hydrogens is 335 g/mol. The van der Waals surface area contributed by atoms with Crippen LogP contribution >= 0.6 is 24.8 Å². The highest BCUT2D eigenvalue weighted by atomic mass is 35.5. The molecule has 2 rings (SSSR count). The zero-order valence-electron chi connectivity index (χ0n) is 14.1. The second kappa shape index (κ2) is 9.96. The van der Waals surface area contributed by atoms with Gasteiger partial charge in [-0.1, -0.05) is 6.92 Å². The van der Waals surface area contributed by atoms with Crippen LogP contribution in [0.4, 0.5) is 11.5 Å². The Labute approximate surface area is 151 Å². The van der Waals surface area contributed by atoms with E-state index in [1.165, 1.54) is 0 Å². The summed E-state index contributed by atoms with van der Waals surface area (Å²) in [7, 11) is 0. The minimum atomic E-state index is -0.405. The van der Waals surface area contributed by atoms with Crippen molar-refractivity contribution in [2.45, 2.75) is 45.6 Å². The number of nitrogens with one attached hydrogen (secondary N) is 2. The maximum absolute atomic E-state index is 12.5. The summed E-state index contributed by atoms with van der Waals surface area (Å²) in [6, 6.07) is 3.89. The molecule has 132 valence electrons. The maximum atomic E-state index is 12.5. The molecule has 1 aromatic rings. The van der Waals surface area contributed by atoms with Crippen molar-refractivity contribution in [3.8, 4) is 0 Å². The summed E-state index contributed by atoms with van der Waals surface area (Å²) >= 11 is 0. The summed E-state index contributed by atoms with van der Waals surface area (Å²) in [6.07, 6.45) is 4.51. The number of carbonyl (C=O) groups is 1. The number of anilines is 2. The Morgan fingerprint density at radius 2 is 2.00 bits per heavy atom. The number of hydrogen-bond donors (Lipinski definition) is 2. The first-order valence-corrected chi connectivity index (χ1v) is 7.92. The van der Waals surface area contributed by atoms with E-state index in [2.05, 4.69) is 41.3 Å². The number of carbonyl (C=O) groups excluding carboxylic acids is 1. The van der Waals surface area contributed by atoms with Gasteiger partial charge in [0.15, 0.2) is 0 Å². The second-order valence-corrected chi connectivity index (χ2v) is 5.50. The number of hydrogen-bond acceptors (Lipinski definition) is 4. The number of rotatable bonds is 6. The Kier molecular flexibility index (Phi) is 9.51. The Hall–Kier alpha value is -1.04. The molecule has 23 heavy (non-hydrogen) atoms. The van der Waals surface area contributed by atoms with Gasteiger partial charge in [0.25, 0.3) is 0 Å². The number of nitrogens with zero attached hydrogens (tertiary/aromatic N) is 2. The van der Waals surface area contributed by atoms with Crippen molar-refractivity contribution < 1.29 is 4.79 Å². The predicted octanol–water partition coefficient (Wildman–Crippen LogP) is 3.24. The lowest BCUT2D eigenvalue weighted by Crippen LogP contribution is -2.50. The Morgan fingerprint density at radius 1 is 1.30 bits per heavy atom. The molecule has 1 atom stereocenters. The van der Waals surface area contributed by atoms with E-state index in [4.69, 9.17) is 0 Å². The van der Waals surface area contributed by atoms with Gasteiger partial charge in [-0.3, -0.25) is 4.79 Å². The van der Waals surface area contributed by atoms with Gasteiger partial charge in [-0.25, -0.2) is 4.98 Å². The summed E-state index contributed by atoms with van der Waals surface area (Å²) < 4.78 is 0. The molecule has 7 heteroatoms. The van der Waals surface area contributed by atoms with Crippen molar-refractivity contribution in [1.29, 1.82) is 0 Å². The number of amides is 1. The van der Waals surface area contributed by atoms with E-state index in [0.717, 1.165) is 50.4 Å². The highest BCUT2D eigenvalue weighted by Crippen LogP contribution is 2.25. The highest BCUT2D eigenvalue weighted by Gasteiger charge is 2.39. The molecule has 1 saturated heterocycles. The molecule has 1 aromatic heterocycles. The van der Waals surface area contributed by atoms with Crippen LogP contribution in [0.15, 0.2) is 18.3 Å². The molecule has 0 aromatic carbocycles. The van der Waals surface area contributed by atoms with Gasteiger partial charge in [0.05, 0.1) is 17.4 Å². The van der Waals surface area contributed by atoms with Crippen LogP contribution in [0, 0.1) is 0 Å². The van der Waals surface area contributed by atoms with Crippen LogP contribution in [0.2, 0.25) is 0 Å². The van der Waals surface area contributed by atoms with E-state index in [1.807, 2.05) is 12.1 Å². The monoisotopic (exact) mass is 362 g/mol. The lowest BCUT2D eigenvalue weighted by atomic mass is 9.93. The fourth-order valence-electron chi connectivity index (χ4n) is 2.91. The Morgan fingerprint density at radius 3 is 2.43 bits per heavy atom. The molecule has 1 aliphatic rings. The van der Waals surface area contributed by atoms with Gasteiger partial charge in [0.2, 0.25) is 5.91 Å². The largest absolute Gasteiger partial charge is 0.357 e. The van der Waals surface area contributed by atoms with Gasteiger partial charge in [-0.05, 0) is 51.8 Å².